The highest BCUT2D eigenvalue weighted by atomic mass is 16.3. The molecule has 17 heavy (non-hydrogen) atoms. The molecule has 0 saturated heterocycles. The summed E-state index contributed by atoms with van der Waals surface area (Å²) in [6.07, 6.45) is -0.281. The Labute approximate surface area is 103 Å². The van der Waals surface area contributed by atoms with E-state index in [1.54, 1.807) is 0 Å². The number of aliphatic hydroxyl groups excluding tert-OH is 1. The van der Waals surface area contributed by atoms with E-state index in [0.29, 0.717) is 0 Å². The molecule has 0 heterocycles. The van der Waals surface area contributed by atoms with Gasteiger partial charge in [0.15, 0.2) is 0 Å². The van der Waals surface area contributed by atoms with Crippen LogP contribution in [0.25, 0.3) is 10.8 Å². The van der Waals surface area contributed by atoms with E-state index in [1.807, 2.05) is 6.07 Å². The molecule has 0 fully saturated rings. The van der Waals surface area contributed by atoms with E-state index in [1.165, 1.54) is 16.3 Å². The van der Waals surface area contributed by atoms with Crippen LogP contribution in [-0.4, -0.2) is 11.2 Å². The van der Waals surface area contributed by atoms with E-state index < -0.39 is 0 Å². The molecular weight excluding hydrogens is 208 g/mol. The van der Waals surface area contributed by atoms with Gasteiger partial charge in [0.05, 0.1) is 6.10 Å². The number of rotatable bonds is 3. The van der Waals surface area contributed by atoms with Crippen molar-refractivity contribution in [2.45, 2.75) is 32.8 Å². The molecule has 2 rings (SSSR count). The molecule has 0 saturated carbocycles. The van der Waals surface area contributed by atoms with Crippen LogP contribution in [-0.2, 0) is 0 Å². The molecule has 90 valence electrons. The largest absolute Gasteiger partial charge is 0.392 e. The Bertz CT molecular complexity index is 502. The lowest BCUT2D eigenvalue weighted by atomic mass is 9.88. The smallest absolute Gasteiger partial charge is 0.0628 e. The standard InChI is InChI=1S/C16H20O/c1-11(2)16(17)12(3)14-9-8-13-6-4-5-7-15(13)10-14/h4-12,16-17H,1-3H3. The van der Waals surface area contributed by atoms with Crippen molar-refractivity contribution in [3.05, 3.63) is 48.0 Å². The van der Waals surface area contributed by atoms with Gasteiger partial charge in [0.1, 0.15) is 0 Å². The maximum absolute atomic E-state index is 10.1. The highest BCUT2D eigenvalue weighted by Gasteiger charge is 2.19. The van der Waals surface area contributed by atoms with Crippen molar-refractivity contribution in [3.63, 3.8) is 0 Å². The van der Waals surface area contributed by atoms with Crippen molar-refractivity contribution in [1.29, 1.82) is 0 Å². The van der Waals surface area contributed by atoms with E-state index in [4.69, 9.17) is 0 Å². The predicted molar refractivity (Wildman–Crippen MR) is 73.2 cm³/mol. The number of fused-ring (bicyclic) bond motifs is 1. The summed E-state index contributed by atoms with van der Waals surface area (Å²) in [6, 6.07) is 14.8. The van der Waals surface area contributed by atoms with E-state index in [9.17, 15) is 5.11 Å². The van der Waals surface area contributed by atoms with Gasteiger partial charge in [0.25, 0.3) is 0 Å². The lowest BCUT2D eigenvalue weighted by molar-refractivity contribution is 0.102. The second-order valence-corrected chi connectivity index (χ2v) is 5.13. The third kappa shape index (κ3) is 2.50. The fraction of sp³-hybridized carbons (Fsp3) is 0.375. The molecule has 1 nitrogen and oxygen atoms in total. The summed E-state index contributed by atoms with van der Waals surface area (Å²) in [6.45, 7) is 6.21. The second-order valence-electron chi connectivity index (χ2n) is 5.13. The summed E-state index contributed by atoms with van der Waals surface area (Å²) < 4.78 is 0. The number of aliphatic hydroxyl groups is 1. The van der Waals surface area contributed by atoms with Crippen LogP contribution in [0.2, 0.25) is 0 Å². The summed E-state index contributed by atoms with van der Waals surface area (Å²) in [5.74, 6) is 0.469. The SMILES string of the molecule is CC(C)C(O)C(C)c1ccc2ccccc2c1. The molecule has 0 bridgehead atoms. The van der Waals surface area contributed by atoms with E-state index >= 15 is 0 Å². The van der Waals surface area contributed by atoms with Crippen molar-refractivity contribution in [2.75, 3.05) is 0 Å². The lowest BCUT2D eigenvalue weighted by Crippen LogP contribution is -2.21. The molecule has 0 amide bonds. The summed E-state index contributed by atoms with van der Waals surface area (Å²) in [4.78, 5) is 0. The van der Waals surface area contributed by atoms with Gasteiger partial charge in [0.2, 0.25) is 0 Å². The minimum atomic E-state index is -0.281. The van der Waals surface area contributed by atoms with Gasteiger partial charge in [-0.1, -0.05) is 63.2 Å². The third-order valence-electron chi connectivity index (χ3n) is 3.49. The molecular formula is C16H20O. The Morgan fingerprint density at radius 3 is 2.18 bits per heavy atom. The molecule has 2 atom stereocenters. The molecule has 2 unspecified atom stereocenters. The zero-order chi connectivity index (χ0) is 12.4. The van der Waals surface area contributed by atoms with Crippen molar-refractivity contribution in [3.8, 4) is 0 Å². The van der Waals surface area contributed by atoms with Gasteiger partial charge < -0.3 is 5.11 Å². The van der Waals surface area contributed by atoms with Gasteiger partial charge in [0, 0.05) is 5.92 Å². The van der Waals surface area contributed by atoms with Crippen LogP contribution in [0.3, 0.4) is 0 Å². The molecule has 0 radical (unpaired) electrons. The fourth-order valence-corrected chi connectivity index (χ4v) is 2.27. The summed E-state index contributed by atoms with van der Waals surface area (Å²) in [5, 5.41) is 12.6. The van der Waals surface area contributed by atoms with Crippen LogP contribution >= 0.6 is 0 Å². The zero-order valence-electron chi connectivity index (χ0n) is 10.7. The van der Waals surface area contributed by atoms with Crippen molar-refractivity contribution in [1.82, 2.24) is 0 Å². The average Bonchev–Trinajstić information content (AvgIpc) is 2.36. The molecule has 0 spiro atoms. The molecule has 2 aromatic rings. The maximum atomic E-state index is 10.1. The topological polar surface area (TPSA) is 20.2 Å². The highest BCUT2D eigenvalue weighted by Crippen LogP contribution is 2.26. The summed E-state index contributed by atoms with van der Waals surface area (Å²) in [7, 11) is 0. The Morgan fingerprint density at radius 1 is 0.882 bits per heavy atom. The first-order chi connectivity index (χ1) is 8.09. The Hall–Kier alpha value is -1.34. The van der Waals surface area contributed by atoms with Crippen LogP contribution in [0.1, 0.15) is 32.3 Å². The number of hydrogen-bond acceptors (Lipinski definition) is 1. The lowest BCUT2D eigenvalue weighted by Gasteiger charge is -2.22. The van der Waals surface area contributed by atoms with Crippen molar-refractivity contribution >= 4 is 10.8 Å². The average molecular weight is 228 g/mol. The molecule has 1 heteroatoms. The van der Waals surface area contributed by atoms with E-state index in [2.05, 4.69) is 57.2 Å². The molecule has 0 aromatic heterocycles. The van der Waals surface area contributed by atoms with E-state index in [0.717, 1.165) is 0 Å². The Balaban J connectivity index is 2.36. The van der Waals surface area contributed by atoms with Crippen LogP contribution in [0.5, 0.6) is 0 Å². The quantitative estimate of drug-likeness (QED) is 0.843. The van der Waals surface area contributed by atoms with Crippen LogP contribution < -0.4 is 0 Å². The van der Waals surface area contributed by atoms with Gasteiger partial charge in [-0.2, -0.15) is 0 Å². The second kappa shape index (κ2) is 4.89. The maximum Gasteiger partial charge on any atom is 0.0628 e. The van der Waals surface area contributed by atoms with Gasteiger partial charge in [-0.3, -0.25) is 0 Å². The predicted octanol–water partition coefficient (Wildman–Crippen LogP) is 3.96. The van der Waals surface area contributed by atoms with Gasteiger partial charge >= 0.3 is 0 Å². The molecule has 0 aliphatic rings. The summed E-state index contributed by atoms with van der Waals surface area (Å²) in [5.41, 5.74) is 1.21. The van der Waals surface area contributed by atoms with Gasteiger partial charge in [-0.15, -0.1) is 0 Å². The summed E-state index contributed by atoms with van der Waals surface area (Å²) >= 11 is 0. The van der Waals surface area contributed by atoms with Gasteiger partial charge in [-0.05, 0) is 22.3 Å². The molecule has 0 aliphatic heterocycles. The first-order valence-electron chi connectivity index (χ1n) is 6.26. The first kappa shape index (κ1) is 12.1. The van der Waals surface area contributed by atoms with Gasteiger partial charge in [-0.25, -0.2) is 0 Å². The Morgan fingerprint density at radius 2 is 1.53 bits per heavy atom. The minimum Gasteiger partial charge on any atom is -0.392 e. The number of hydrogen-bond donors (Lipinski definition) is 1. The minimum absolute atomic E-state index is 0.180. The molecule has 1 N–H and O–H groups in total. The normalized spacial score (nSPS) is 15.1. The highest BCUT2D eigenvalue weighted by molar-refractivity contribution is 5.83. The van der Waals surface area contributed by atoms with Crippen LogP contribution in [0.4, 0.5) is 0 Å². The van der Waals surface area contributed by atoms with Crippen LogP contribution in [0.15, 0.2) is 42.5 Å². The third-order valence-corrected chi connectivity index (χ3v) is 3.49. The zero-order valence-corrected chi connectivity index (χ0v) is 10.7. The Kier molecular flexibility index (Phi) is 3.49. The van der Waals surface area contributed by atoms with Crippen LogP contribution in [0, 0.1) is 5.92 Å². The van der Waals surface area contributed by atoms with Crippen molar-refractivity contribution < 1.29 is 5.11 Å². The monoisotopic (exact) mass is 228 g/mol. The van der Waals surface area contributed by atoms with Crippen molar-refractivity contribution in [2.24, 2.45) is 5.92 Å². The fourth-order valence-electron chi connectivity index (χ4n) is 2.27. The number of benzene rings is 2. The van der Waals surface area contributed by atoms with E-state index in [-0.39, 0.29) is 17.9 Å². The molecule has 2 aromatic carbocycles. The first-order valence-corrected chi connectivity index (χ1v) is 6.26. The molecule has 0 aliphatic carbocycles.